The standard InChI is InChI=1S/C18H15FN4O2.2C18H16N4O2/c1-11-5-15(25-16-9-21-12(2)22-10-16)8-17(23-11)18(24)7-14-6-13(19)3-4-20-14;1-12-3-4-14(21-8-12)6-18(23)17-7-15(5-13(2)22-17)24-16-9-19-11-20-10-16;1-12-4-3-5-14(21-12)7-18(23)17-8-15(6-13(2)22-17)24-16-9-19-11-20-10-16/h3-6,8-10H,7H2,1-2H3;3-5,7-11H,6H2,1-2H3;3-6,8-11H,7H2,1-2H3. The number of ketones is 3. The predicted molar refractivity (Wildman–Crippen MR) is 264 cm³/mol. The number of aryl methyl sites for hydroxylation is 6. The number of nitrogens with zero attached hydrogens (tertiary/aromatic N) is 12. The van der Waals surface area contributed by atoms with Gasteiger partial charge in [0.2, 0.25) is 0 Å². The Balaban J connectivity index is 0.000000160. The van der Waals surface area contributed by atoms with E-state index in [0.29, 0.717) is 80.2 Å². The maximum absolute atomic E-state index is 13.2. The minimum absolute atomic E-state index is 0.0404. The molecule has 0 aliphatic heterocycles. The average molecular weight is 979 g/mol. The SMILES string of the molecule is Cc1cc(Oc2cnc(C)nc2)cc(C(=O)Cc2cc(F)ccn2)n1.Cc1ccc(CC(=O)c2cc(Oc3cncnc3)cc(C)n2)nc1.Cc1cccc(CC(=O)c2cc(Oc3cncnc3)cc(C)n2)n1. The quantitative estimate of drug-likeness (QED) is 0.0870. The van der Waals surface area contributed by atoms with E-state index in [1.165, 1.54) is 37.1 Å². The number of ether oxygens (including phenoxy) is 3. The second-order valence-corrected chi connectivity index (χ2v) is 16.3. The van der Waals surface area contributed by atoms with Gasteiger partial charge in [0.25, 0.3) is 0 Å². The van der Waals surface area contributed by atoms with Crippen molar-refractivity contribution in [2.24, 2.45) is 0 Å². The molecule has 0 aliphatic rings. The van der Waals surface area contributed by atoms with Crippen LogP contribution in [0.3, 0.4) is 0 Å². The van der Waals surface area contributed by atoms with Gasteiger partial charge in [0.1, 0.15) is 58.6 Å². The molecule has 9 heterocycles. The smallest absolute Gasteiger partial charge is 0.187 e. The fraction of sp³-hybridized carbons (Fsp3) is 0.167. The number of carbonyl (C=O) groups excluding carboxylic acids is 3. The summed E-state index contributed by atoms with van der Waals surface area (Å²) < 4.78 is 30.3. The first-order valence-corrected chi connectivity index (χ1v) is 22.5. The normalized spacial score (nSPS) is 10.5. The van der Waals surface area contributed by atoms with Crippen molar-refractivity contribution in [3.63, 3.8) is 0 Å². The lowest BCUT2D eigenvalue weighted by Gasteiger charge is -2.08. The maximum atomic E-state index is 13.2. The summed E-state index contributed by atoms with van der Waals surface area (Å²) in [6, 6.07) is 21.9. The van der Waals surface area contributed by atoms with E-state index in [2.05, 4.69) is 59.8 Å². The number of aromatic nitrogens is 12. The summed E-state index contributed by atoms with van der Waals surface area (Å²) in [6.45, 7) is 11.0. The zero-order chi connectivity index (χ0) is 51.7. The van der Waals surface area contributed by atoms with Gasteiger partial charge in [0.15, 0.2) is 34.6 Å². The van der Waals surface area contributed by atoms with Gasteiger partial charge in [0.05, 0.1) is 62.1 Å². The number of halogens is 1. The predicted octanol–water partition coefficient (Wildman–Crippen LogP) is 9.44. The number of rotatable bonds is 15. The Morgan fingerprint density at radius 2 is 0.890 bits per heavy atom. The molecule has 0 unspecified atom stereocenters. The van der Waals surface area contributed by atoms with Gasteiger partial charge in [-0.1, -0.05) is 12.1 Å². The first-order valence-electron chi connectivity index (χ1n) is 22.5. The summed E-state index contributed by atoms with van der Waals surface area (Å²) in [5, 5.41) is 0. The van der Waals surface area contributed by atoms with E-state index in [-0.39, 0.29) is 42.3 Å². The summed E-state index contributed by atoms with van der Waals surface area (Å²) in [7, 11) is 0. The summed E-state index contributed by atoms with van der Waals surface area (Å²) in [4.78, 5) is 86.5. The van der Waals surface area contributed by atoms with Crippen molar-refractivity contribution in [3.8, 4) is 34.5 Å². The summed E-state index contributed by atoms with van der Waals surface area (Å²) >= 11 is 0. The fourth-order valence-electron chi connectivity index (χ4n) is 6.65. The molecule has 9 rings (SSSR count). The minimum atomic E-state index is -0.432. The molecule has 0 saturated heterocycles. The van der Waals surface area contributed by atoms with Crippen molar-refractivity contribution in [3.05, 3.63) is 215 Å². The van der Waals surface area contributed by atoms with Gasteiger partial charge in [-0.15, -0.1) is 0 Å². The van der Waals surface area contributed by atoms with E-state index >= 15 is 0 Å². The minimum Gasteiger partial charge on any atom is -0.454 e. The van der Waals surface area contributed by atoms with Gasteiger partial charge in [-0.05, 0) is 77.4 Å². The van der Waals surface area contributed by atoms with E-state index < -0.39 is 5.82 Å². The third kappa shape index (κ3) is 16.3. The number of pyridine rings is 6. The lowest BCUT2D eigenvalue weighted by Crippen LogP contribution is -2.08. The molecule has 19 heteroatoms. The van der Waals surface area contributed by atoms with Gasteiger partial charge in [-0.3, -0.25) is 29.3 Å². The molecule has 18 nitrogen and oxygen atoms in total. The van der Waals surface area contributed by atoms with E-state index in [1.54, 1.807) is 87.6 Å². The highest BCUT2D eigenvalue weighted by Crippen LogP contribution is 2.25. The Morgan fingerprint density at radius 3 is 1.34 bits per heavy atom. The molecule has 366 valence electrons. The average Bonchev–Trinajstić information content (AvgIpc) is 3.36. The maximum Gasteiger partial charge on any atom is 0.187 e. The lowest BCUT2D eigenvalue weighted by atomic mass is 10.1. The molecule has 0 radical (unpaired) electrons. The topological polar surface area (TPSA) is 234 Å². The second-order valence-electron chi connectivity index (χ2n) is 16.3. The molecule has 0 spiro atoms. The van der Waals surface area contributed by atoms with E-state index in [9.17, 15) is 18.8 Å². The van der Waals surface area contributed by atoms with Gasteiger partial charge < -0.3 is 14.2 Å². The van der Waals surface area contributed by atoms with Crippen LogP contribution in [0, 0.1) is 47.4 Å². The second kappa shape index (κ2) is 24.9. The molecular formula is C54H47FN12O6. The van der Waals surface area contributed by atoms with Gasteiger partial charge >= 0.3 is 0 Å². The number of carbonyl (C=O) groups is 3. The van der Waals surface area contributed by atoms with Crippen molar-refractivity contribution < 1.29 is 33.0 Å². The lowest BCUT2D eigenvalue weighted by molar-refractivity contribution is 0.0978. The third-order valence-corrected chi connectivity index (χ3v) is 9.90. The Kier molecular flexibility index (Phi) is 17.5. The van der Waals surface area contributed by atoms with Crippen LogP contribution in [0.15, 0.2) is 141 Å². The molecule has 0 bridgehead atoms. The highest BCUT2D eigenvalue weighted by molar-refractivity contribution is 5.97. The molecule has 0 N–H and O–H groups in total. The van der Waals surface area contributed by atoms with Crippen LogP contribution in [-0.4, -0.2) is 77.2 Å². The van der Waals surface area contributed by atoms with Crippen LogP contribution in [0.25, 0.3) is 0 Å². The monoisotopic (exact) mass is 978 g/mol. The van der Waals surface area contributed by atoms with Crippen molar-refractivity contribution in [1.82, 2.24) is 59.8 Å². The van der Waals surface area contributed by atoms with Crippen LogP contribution in [0.2, 0.25) is 0 Å². The third-order valence-electron chi connectivity index (χ3n) is 9.90. The first-order chi connectivity index (χ1) is 35.2. The molecular weight excluding hydrogens is 932 g/mol. The van der Waals surface area contributed by atoms with Crippen LogP contribution in [0.4, 0.5) is 4.39 Å². The highest BCUT2D eigenvalue weighted by Gasteiger charge is 2.16. The molecule has 0 saturated carbocycles. The highest BCUT2D eigenvalue weighted by atomic mass is 19.1. The van der Waals surface area contributed by atoms with E-state index in [4.69, 9.17) is 14.2 Å². The molecule has 73 heavy (non-hydrogen) atoms. The molecule has 0 atom stereocenters. The van der Waals surface area contributed by atoms with Crippen LogP contribution >= 0.6 is 0 Å². The first kappa shape index (κ1) is 51.3. The Morgan fingerprint density at radius 1 is 0.425 bits per heavy atom. The summed E-state index contributed by atoms with van der Waals surface area (Å²) in [6.07, 6.45) is 15.6. The van der Waals surface area contributed by atoms with Crippen LogP contribution in [0.1, 0.15) is 82.7 Å². The van der Waals surface area contributed by atoms with Crippen molar-refractivity contribution in [1.29, 1.82) is 0 Å². The van der Waals surface area contributed by atoms with Crippen molar-refractivity contribution in [2.45, 2.75) is 60.8 Å². The zero-order valence-electron chi connectivity index (χ0n) is 40.6. The van der Waals surface area contributed by atoms with Crippen LogP contribution in [0.5, 0.6) is 34.5 Å². The van der Waals surface area contributed by atoms with E-state index in [0.717, 1.165) is 17.0 Å². The Hall–Kier alpha value is -9.52. The number of Topliss-reactive ketones (excluding diaryl/α,β-unsaturated/α-hetero) is 3. The Bertz CT molecular complexity index is 3340. The van der Waals surface area contributed by atoms with Crippen LogP contribution in [-0.2, 0) is 19.3 Å². The fourth-order valence-corrected chi connectivity index (χ4v) is 6.65. The molecule has 0 amide bonds. The Labute approximate surface area is 419 Å². The van der Waals surface area contributed by atoms with Gasteiger partial charge in [0, 0.05) is 83.0 Å². The largest absolute Gasteiger partial charge is 0.454 e. The number of hydrogen-bond donors (Lipinski definition) is 0. The van der Waals surface area contributed by atoms with Crippen molar-refractivity contribution >= 4 is 17.3 Å². The summed E-state index contributed by atoms with van der Waals surface area (Å²) in [5.41, 5.74) is 6.68. The van der Waals surface area contributed by atoms with Gasteiger partial charge in [-0.25, -0.2) is 49.2 Å². The van der Waals surface area contributed by atoms with Gasteiger partial charge in [-0.2, -0.15) is 0 Å². The zero-order valence-corrected chi connectivity index (χ0v) is 40.6. The van der Waals surface area contributed by atoms with Crippen molar-refractivity contribution in [2.75, 3.05) is 0 Å². The number of hydrogen-bond acceptors (Lipinski definition) is 18. The summed E-state index contributed by atoms with van der Waals surface area (Å²) in [5.74, 6) is 2.69. The molecule has 0 aromatic carbocycles. The van der Waals surface area contributed by atoms with E-state index in [1.807, 2.05) is 58.0 Å². The van der Waals surface area contributed by atoms with Crippen LogP contribution < -0.4 is 14.2 Å². The molecule has 9 aromatic heterocycles. The molecule has 9 aromatic rings. The molecule has 0 aliphatic carbocycles. The molecule has 0 fully saturated rings.